The summed E-state index contributed by atoms with van der Waals surface area (Å²) < 4.78 is 0.937. The molecule has 0 spiro atoms. The zero-order valence-electron chi connectivity index (χ0n) is 10.2. The first-order chi connectivity index (χ1) is 7.31. The molecule has 0 aromatic heterocycles. The molecular weight excluding hydrogens is 304 g/mol. The molecule has 0 aliphatic heterocycles. The van der Waals surface area contributed by atoms with Gasteiger partial charge in [-0.3, -0.25) is 4.79 Å². The Morgan fingerprint density at radius 1 is 1.47 bits per heavy atom. The number of benzene rings is 1. The van der Waals surface area contributed by atoms with E-state index in [4.69, 9.17) is 5.73 Å². The molecule has 0 fully saturated rings. The number of hydrogen-bond acceptors (Lipinski definition) is 2. The molecule has 0 radical (unpaired) electrons. The van der Waals surface area contributed by atoms with Crippen LogP contribution < -0.4 is 11.1 Å². The van der Waals surface area contributed by atoms with Gasteiger partial charge in [0.25, 0.3) is 5.91 Å². The summed E-state index contributed by atoms with van der Waals surface area (Å²) in [6.07, 6.45) is 0. The smallest absolute Gasteiger partial charge is 0.251 e. The van der Waals surface area contributed by atoms with Crippen molar-refractivity contribution in [2.45, 2.75) is 26.3 Å². The molecule has 96 valence electrons. The number of carbonyl (C=O) groups is 1. The summed E-state index contributed by atoms with van der Waals surface area (Å²) in [7, 11) is 0. The highest BCUT2D eigenvalue weighted by Gasteiger charge is 2.15. The molecule has 0 saturated heterocycles. The zero-order chi connectivity index (χ0) is 12.3. The van der Waals surface area contributed by atoms with Crippen LogP contribution in [-0.4, -0.2) is 18.0 Å². The van der Waals surface area contributed by atoms with Crippen LogP contribution in [-0.2, 0) is 0 Å². The third-order valence-corrected chi connectivity index (χ3v) is 3.08. The largest absolute Gasteiger partial charge is 0.350 e. The highest BCUT2D eigenvalue weighted by atomic mass is 79.9. The van der Waals surface area contributed by atoms with Crippen LogP contribution in [0.25, 0.3) is 0 Å². The summed E-state index contributed by atoms with van der Waals surface area (Å²) in [4.78, 5) is 11.9. The first-order valence-electron chi connectivity index (χ1n) is 5.13. The first-order valence-corrected chi connectivity index (χ1v) is 5.93. The zero-order valence-corrected chi connectivity index (χ0v) is 12.6. The number of rotatable bonds is 3. The van der Waals surface area contributed by atoms with E-state index < -0.39 is 5.54 Å². The van der Waals surface area contributed by atoms with Crippen LogP contribution in [0.4, 0.5) is 0 Å². The Hall–Kier alpha value is -0.580. The van der Waals surface area contributed by atoms with Crippen LogP contribution in [0.1, 0.15) is 29.8 Å². The van der Waals surface area contributed by atoms with Gasteiger partial charge in [-0.05, 0) is 38.5 Å². The van der Waals surface area contributed by atoms with Crippen molar-refractivity contribution in [2.75, 3.05) is 6.54 Å². The Balaban J connectivity index is 0.00000256. The number of amides is 1. The molecule has 0 atom stereocenters. The fourth-order valence-electron chi connectivity index (χ4n) is 1.26. The molecule has 17 heavy (non-hydrogen) atoms. The van der Waals surface area contributed by atoms with E-state index in [1.165, 1.54) is 0 Å². The Bertz CT molecular complexity index is 402. The van der Waals surface area contributed by atoms with E-state index in [0.29, 0.717) is 12.1 Å². The Morgan fingerprint density at radius 3 is 2.59 bits per heavy atom. The van der Waals surface area contributed by atoms with Crippen LogP contribution in [0.3, 0.4) is 0 Å². The average molecular weight is 322 g/mol. The molecule has 3 N–H and O–H groups in total. The number of halogens is 2. The molecule has 1 aromatic rings. The summed E-state index contributed by atoms with van der Waals surface area (Å²) in [6.45, 7) is 6.12. The first kappa shape index (κ1) is 16.4. The van der Waals surface area contributed by atoms with E-state index in [1.54, 1.807) is 6.07 Å². The molecule has 5 heteroatoms. The quantitative estimate of drug-likeness (QED) is 0.899. The summed E-state index contributed by atoms with van der Waals surface area (Å²) in [5, 5.41) is 2.82. The molecule has 0 saturated carbocycles. The second-order valence-electron chi connectivity index (χ2n) is 4.58. The maximum absolute atomic E-state index is 11.9. The standard InChI is InChI=1S/C12H17BrN2O.ClH/c1-8-9(5-4-6-10(8)13)11(16)15-7-12(2,3)14;/h4-6H,7,14H2,1-3H3,(H,15,16);1H. The molecule has 0 heterocycles. The lowest BCUT2D eigenvalue weighted by atomic mass is 10.1. The molecule has 3 nitrogen and oxygen atoms in total. The van der Waals surface area contributed by atoms with E-state index in [1.807, 2.05) is 32.9 Å². The van der Waals surface area contributed by atoms with Gasteiger partial charge in [0, 0.05) is 22.1 Å². The minimum absolute atomic E-state index is 0. The molecule has 0 bridgehead atoms. The SMILES string of the molecule is Cc1c(Br)cccc1C(=O)NCC(C)(C)N.Cl. The molecule has 0 aliphatic carbocycles. The predicted octanol–water partition coefficient (Wildman–Crippen LogP) is 2.65. The van der Waals surface area contributed by atoms with Gasteiger partial charge in [-0.2, -0.15) is 0 Å². The average Bonchev–Trinajstić information content (AvgIpc) is 2.17. The second-order valence-corrected chi connectivity index (χ2v) is 5.44. The van der Waals surface area contributed by atoms with Gasteiger partial charge in [0.15, 0.2) is 0 Å². The minimum Gasteiger partial charge on any atom is -0.350 e. The summed E-state index contributed by atoms with van der Waals surface area (Å²) in [6, 6.07) is 5.57. The highest BCUT2D eigenvalue weighted by Crippen LogP contribution is 2.19. The van der Waals surface area contributed by atoms with Crippen molar-refractivity contribution in [2.24, 2.45) is 5.73 Å². The normalized spacial score (nSPS) is 10.6. The monoisotopic (exact) mass is 320 g/mol. The summed E-state index contributed by atoms with van der Waals surface area (Å²) >= 11 is 3.40. The molecule has 1 amide bonds. The van der Waals surface area contributed by atoms with E-state index in [-0.39, 0.29) is 18.3 Å². The van der Waals surface area contributed by atoms with Gasteiger partial charge in [-0.25, -0.2) is 0 Å². The van der Waals surface area contributed by atoms with Gasteiger partial charge >= 0.3 is 0 Å². The third-order valence-electron chi connectivity index (χ3n) is 2.22. The third kappa shape index (κ3) is 5.06. The lowest BCUT2D eigenvalue weighted by Crippen LogP contribution is -2.45. The van der Waals surface area contributed by atoms with Gasteiger partial charge in [-0.15, -0.1) is 12.4 Å². The van der Waals surface area contributed by atoms with Crippen molar-refractivity contribution in [1.29, 1.82) is 0 Å². The number of carbonyl (C=O) groups excluding carboxylic acids is 1. The van der Waals surface area contributed by atoms with Crippen LogP contribution in [0.5, 0.6) is 0 Å². The molecule has 1 rings (SSSR count). The van der Waals surface area contributed by atoms with Crippen molar-refractivity contribution in [1.82, 2.24) is 5.32 Å². The van der Waals surface area contributed by atoms with Gasteiger partial charge in [0.1, 0.15) is 0 Å². The van der Waals surface area contributed by atoms with Crippen LogP contribution in [0, 0.1) is 6.92 Å². The lowest BCUT2D eigenvalue weighted by Gasteiger charge is -2.19. The van der Waals surface area contributed by atoms with Gasteiger partial charge in [0.2, 0.25) is 0 Å². The lowest BCUT2D eigenvalue weighted by molar-refractivity contribution is 0.0945. The van der Waals surface area contributed by atoms with E-state index in [9.17, 15) is 4.79 Å². The molecule has 0 unspecified atom stereocenters. The van der Waals surface area contributed by atoms with Crippen molar-refractivity contribution >= 4 is 34.2 Å². The number of nitrogens with two attached hydrogens (primary N) is 1. The summed E-state index contributed by atoms with van der Waals surface area (Å²) in [5.74, 6) is -0.0858. The molecular formula is C12H18BrClN2O. The minimum atomic E-state index is -0.393. The van der Waals surface area contributed by atoms with Gasteiger partial charge in [-0.1, -0.05) is 22.0 Å². The van der Waals surface area contributed by atoms with Crippen LogP contribution in [0.15, 0.2) is 22.7 Å². The van der Waals surface area contributed by atoms with Crippen molar-refractivity contribution in [3.05, 3.63) is 33.8 Å². The highest BCUT2D eigenvalue weighted by molar-refractivity contribution is 9.10. The Morgan fingerprint density at radius 2 is 2.06 bits per heavy atom. The molecule has 1 aromatic carbocycles. The van der Waals surface area contributed by atoms with E-state index in [2.05, 4.69) is 21.2 Å². The van der Waals surface area contributed by atoms with Gasteiger partial charge < -0.3 is 11.1 Å². The number of nitrogens with one attached hydrogen (secondary N) is 1. The van der Waals surface area contributed by atoms with E-state index in [0.717, 1.165) is 10.0 Å². The predicted molar refractivity (Wildman–Crippen MR) is 76.7 cm³/mol. The molecule has 0 aliphatic rings. The maximum Gasteiger partial charge on any atom is 0.251 e. The fourth-order valence-corrected chi connectivity index (χ4v) is 1.62. The fraction of sp³-hybridized carbons (Fsp3) is 0.417. The van der Waals surface area contributed by atoms with Crippen LogP contribution >= 0.6 is 28.3 Å². The van der Waals surface area contributed by atoms with Crippen molar-refractivity contribution < 1.29 is 4.79 Å². The van der Waals surface area contributed by atoms with Crippen molar-refractivity contribution in [3.8, 4) is 0 Å². The van der Waals surface area contributed by atoms with Crippen molar-refractivity contribution in [3.63, 3.8) is 0 Å². The number of hydrogen-bond donors (Lipinski definition) is 2. The summed E-state index contributed by atoms with van der Waals surface area (Å²) in [5.41, 5.74) is 7.03. The Kier molecular flexibility index (Phi) is 6.16. The van der Waals surface area contributed by atoms with Gasteiger partial charge in [0.05, 0.1) is 0 Å². The van der Waals surface area contributed by atoms with E-state index >= 15 is 0 Å². The van der Waals surface area contributed by atoms with Crippen LogP contribution in [0.2, 0.25) is 0 Å². The second kappa shape index (κ2) is 6.38. The Labute approximate surface area is 117 Å². The maximum atomic E-state index is 11.9. The topological polar surface area (TPSA) is 55.1 Å².